The summed E-state index contributed by atoms with van der Waals surface area (Å²) in [4.78, 5) is 13.0. The summed E-state index contributed by atoms with van der Waals surface area (Å²) in [5.41, 5.74) is 8.25. The van der Waals surface area contributed by atoms with Gasteiger partial charge in [-0.25, -0.2) is 0 Å². The summed E-state index contributed by atoms with van der Waals surface area (Å²) in [6.45, 7) is 6.84. The first-order valence-corrected chi connectivity index (χ1v) is 7.49. The molecule has 0 aromatic heterocycles. The molecule has 1 saturated heterocycles. The van der Waals surface area contributed by atoms with E-state index in [1.165, 1.54) is 5.56 Å². The van der Waals surface area contributed by atoms with E-state index in [0.29, 0.717) is 18.3 Å². The van der Waals surface area contributed by atoms with Crippen molar-refractivity contribution in [1.29, 1.82) is 0 Å². The second-order valence-electron chi connectivity index (χ2n) is 5.98. The zero-order valence-corrected chi connectivity index (χ0v) is 12.9. The quantitative estimate of drug-likeness (QED) is 0.757. The number of amides is 1. The number of hydrogen-bond acceptors (Lipinski definition) is 4. The first-order valence-electron chi connectivity index (χ1n) is 7.49. The van der Waals surface area contributed by atoms with E-state index >= 15 is 0 Å². The number of aryl methyl sites for hydroxylation is 2. The lowest BCUT2D eigenvalue weighted by molar-refractivity contribution is -0.119. The topological polar surface area (TPSA) is 78.6 Å². The van der Waals surface area contributed by atoms with Crippen molar-refractivity contribution in [2.45, 2.75) is 39.3 Å². The molecule has 0 atom stereocenters. The van der Waals surface area contributed by atoms with Crippen molar-refractivity contribution in [1.82, 2.24) is 10.2 Å². The van der Waals surface area contributed by atoms with Crippen LogP contribution in [0.2, 0.25) is 0 Å². The number of nitrogens with zero attached hydrogens (tertiary/aromatic N) is 1. The van der Waals surface area contributed by atoms with Crippen LogP contribution < -0.4 is 11.1 Å². The van der Waals surface area contributed by atoms with Gasteiger partial charge in [0.25, 0.3) is 0 Å². The zero-order valence-electron chi connectivity index (χ0n) is 12.9. The van der Waals surface area contributed by atoms with Crippen molar-refractivity contribution in [3.8, 4) is 5.75 Å². The fraction of sp³-hybridized carbons (Fsp3) is 0.562. The number of nitrogens with one attached hydrogen (secondary N) is 1. The van der Waals surface area contributed by atoms with Gasteiger partial charge < -0.3 is 16.2 Å². The SMILES string of the molecule is Cc1cc(CNC2CCN(CC(N)=O)CC2)cc(C)c1O. The molecule has 5 nitrogen and oxygen atoms in total. The smallest absolute Gasteiger partial charge is 0.231 e. The van der Waals surface area contributed by atoms with Gasteiger partial charge in [-0.05, 0) is 43.4 Å². The number of likely N-dealkylation sites (tertiary alicyclic amines) is 1. The Morgan fingerprint density at radius 3 is 2.43 bits per heavy atom. The summed E-state index contributed by atoms with van der Waals surface area (Å²) in [6, 6.07) is 4.53. The maximum Gasteiger partial charge on any atom is 0.231 e. The van der Waals surface area contributed by atoms with Gasteiger partial charge in [0.1, 0.15) is 5.75 Å². The van der Waals surface area contributed by atoms with Crippen molar-refractivity contribution in [2.24, 2.45) is 5.73 Å². The summed E-state index contributed by atoms with van der Waals surface area (Å²) >= 11 is 0. The van der Waals surface area contributed by atoms with E-state index in [9.17, 15) is 9.90 Å². The average Bonchev–Trinajstić information content (AvgIpc) is 2.43. The van der Waals surface area contributed by atoms with E-state index in [2.05, 4.69) is 10.2 Å². The van der Waals surface area contributed by atoms with E-state index in [1.807, 2.05) is 26.0 Å². The van der Waals surface area contributed by atoms with Crippen LogP contribution in [0.4, 0.5) is 0 Å². The number of phenolic OH excluding ortho intramolecular Hbond substituents is 1. The second-order valence-corrected chi connectivity index (χ2v) is 5.98. The molecule has 0 spiro atoms. The Morgan fingerprint density at radius 1 is 1.33 bits per heavy atom. The first-order chi connectivity index (χ1) is 9.95. The minimum Gasteiger partial charge on any atom is -0.507 e. The van der Waals surface area contributed by atoms with Gasteiger partial charge in [-0.15, -0.1) is 0 Å². The number of primary amides is 1. The van der Waals surface area contributed by atoms with Gasteiger partial charge in [0.15, 0.2) is 0 Å². The van der Waals surface area contributed by atoms with Gasteiger partial charge in [0.2, 0.25) is 5.91 Å². The molecule has 1 aliphatic heterocycles. The molecule has 4 N–H and O–H groups in total. The number of rotatable bonds is 5. The number of carbonyl (C=O) groups is 1. The van der Waals surface area contributed by atoms with Crippen LogP contribution in [0.3, 0.4) is 0 Å². The molecule has 0 radical (unpaired) electrons. The highest BCUT2D eigenvalue weighted by atomic mass is 16.3. The molecule has 1 aromatic carbocycles. The number of piperidine rings is 1. The summed E-state index contributed by atoms with van der Waals surface area (Å²) in [7, 11) is 0. The number of hydrogen-bond donors (Lipinski definition) is 3. The van der Waals surface area contributed by atoms with Gasteiger partial charge in [-0.3, -0.25) is 9.69 Å². The fourth-order valence-corrected chi connectivity index (χ4v) is 2.93. The molecule has 21 heavy (non-hydrogen) atoms. The number of phenols is 1. The number of benzene rings is 1. The third kappa shape index (κ3) is 4.44. The van der Waals surface area contributed by atoms with E-state index in [1.54, 1.807) is 0 Å². The average molecular weight is 291 g/mol. The Balaban J connectivity index is 1.81. The maximum absolute atomic E-state index is 10.9. The summed E-state index contributed by atoms with van der Waals surface area (Å²) < 4.78 is 0. The normalized spacial score (nSPS) is 17.0. The van der Waals surface area contributed by atoms with Crippen LogP contribution in [0, 0.1) is 13.8 Å². The fourth-order valence-electron chi connectivity index (χ4n) is 2.93. The molecule has 1 amide bonds. The maximum atomic E-state index is 10.9. The molecule has 1 fully saturated rings. The van der Waals surface area contributed by atoms with Crippen LogP contribution in [0.5, 0.6) is 5.75 Å². The summed E-state index contributed by atoms with van der Waals surface area (Å²) in [5.74, 6) is 0.134. The highest BCUT2D eigenvalue weighted by Gasteiger charge is 2.19. The van der Waals surface area contributed by atoms with E-state index in [0.717, 1.165) is 43.6 Å². The molecular formula is C16H25N3O2. The molecule has 0 saturated carbocycles. The summed E-state index contributed by atoms with van der Waals surface area (Å²) in [5, 5.41) is 13.3. The van der Waals surface area contributed by atoms with Crippen LogP contribution in [-0.2, 0) is 11.3 Å². The molecule has 1 heterocycles. The Hall–Kier alpha value is -1.59. The van der Waals surface area contributed by atoms with Crippen LogP contribution in [0.1, 0.15) is 29.5 Å². The lowest BCUT2D eigenvalue weighted by Crippen LogP contribution is -2.45. The van der Waals surface area contributed by atoms with Gasteiger partial charge in [-0.1, -0.05) is 12.1 Å². The van der Waals surface area contributed by atoms with Crippen molar-refractivity contribution in [3.63, 3.8) is 0 Å². The number of aromatic hydroxyl groups is 1. The molecule has 0 bridgehead atoms. The standard InChI is InChI=1S/C16H25N3O2/c1-11-7-13(8-12(2)16(11)21)9-18-14-3-5-19(6-4-14)10-15(17)20/h7-8,14,18,21H,3-6,9-10H2,1-2H3,(H2,17,20). The molecule has 116 valence electrons. The van der Waals surface area contributed by atoms with Gasteiger partial charge in [0, 0.05) is 25.7 Å². The van der Waals surface area contributed by atoms with Crippen LogP contribution in [-0.4, -0.2) is 41.6 Å². The van der Waals surface area contributed by atoms with Gasteiger partial charge >= 0.3 is 0 Å². The lowest BCUT2D eigenvalue weighted by Gasteiger charge is -2.31. The largest absolute Gasteiger partial charge is 0.507 e. The van der Waals surface area contributed by atoms with E-state index in [-0.39, 0.29) is 5.91 Å². The number of carbonyl (C=O) groups excluding carboxylic acids is 1. The zero-order chi connectivity index (χ0) is 15.4. The lowest BCUT2D eigenvalue weighted by atomic mass is 10.0. The van der Waals surface area contributed by atoms with Gasteiger partial charge in [0.05, 0.1) is 6.54 Å². The molecule has 1 aromatic rings. The highest BCUT2D eigenvalue weighted by molar-refractivity contribution is 5.75. The molecule has 0 unspecified atom stereocenters. The van der Waals surface area contributed by atoms with Crippen molar-refractivity contribution < 1.29 is 9.90 Å². The minimum absolute atomic E-state index is 0.253. The first kappa shape index (κ1) is 15.8. The second kappa shape index (κ2) is 6.91. The van der Waals surface area contributed by atoms with Crippen LogP contribution >= 0.6 is 0 Å². The Labute approximate surface area is 126 Å². The molecule has 5 heteroatoms. The van der Waals surface area contributed by atoms with E-state index in [4.69, 9.17) is 5.73 Å². The van der Waals surface area contributed by atoms with Crippen molar-refractivity contribution in [3.05, 3.63) is 28.8 Å². The third-order valence-electron chi connectivity index (χ3n) is 4.11. The van der Waals surface area contributed by atoms with Crippen LogP contribution in [0.15, 0.2) is 12.1 Å². The Bertz CT molecular complexity index is 485. The van der Waals surface area contributed by atoms with Crippen LogP contribution in [0.25, 0.3) is 0 Å². The molecular weight excluding hydrogens is 266 g/mol. The minimum atomic E-state index is -0.253. The predicted octanol–water partition coefficient (Wildman–Crippen LogP) is 1.05. The van der Waals surface area contributed by atoms with Crippen molar-refractivity contribution in [2.75, 3.05) is 19.6 Å². The summed E-state index contributed by atoms with van der Waals surface area (Å²) in [6.07, 6.45) is 2.06. The molecule has 2 rings (SSSR count). The monoisotopic (exact) mass is 291 g/mol. The number of nitrogens with two attached hydrogens (primary N) is 1. The van der Waals surface area contributed by atoms with Crippen molar-refractivity contribution >= 4 is 5.91 Å². The third-order valence-corrected chi connectivity index (χ3v) is 4.11. The molecule has 0 aliphatic carbocycles. The van der Waals surface area contributed by atoms with Gasteiger partial charge in [-0.2, -0.15) is 0 Å². The van der Waals surface area contributed by atoms with E-state index < -0.39 is 0 Å². The Kier molecular flexibility index (Phi) is 5.20. The highest BCUT2D eigenvalue weighted by Crippen LogP contribution is 2.23. The molecule has 1 aliphatic rings. The Morgan fingerprint density at radius 2 is 1.90 bits per heavy atom. The predicted molar refractivity (Wildman–Crippen MR) is 83.1 cm³/mol.